The first-order valence-electron chi connectivity index (χ1n) is 8.79. The number of carbonyl (C=O) groups excluding carboxylic acids is 1. The Labute approximate surface area is 148 Å². The van der Waals surface area contributed by atoms with Crippen molar-refractivity contribution >= 4 is 5.78 Å². The minimum atomic E-state index is 0.193. The molecule has 0 saturated carbocycles. The van der Waals surface area contributed by atoms with Crippen LogP contribution in [-0.2, 0) is 17.6 Å². The quantitative estimate of drug-likeness (QED) is 0.756. The Hall–Kier alpha value is -2.45. The van der Waals surface area contributed by atoms with E-state index in [4.69, 9.17) is 4.74 Å². The van der Waals surface area contributed by atoms with Gasteiger partial charge in [-0.15, -0.1) is 0 Å². The summed E-state index contributed by atoms with van der Waals surface area (Å²) >= 11 is 0. The molecule has 0 saturated heterocycles. The Balaban J connectivity index is 1.95. The molecular formula is C20H23N3O2. The van der Waals surface area contributed by atoms with E-state index < -0.39 is 0 Å². The number of ketones is 1. The van der Waals surface area contributed by atoms with E-state index in [1.54, 1.807) is 7.11 Å². The van der Waals surface area contributed by atoms with Crippen LogP contribution >= 0.6 is 0 Å². The summed E-state index contributed by atoms with van der Waals surface area (Å²) in [5, 5.41) is 14.0. The van der Waals surface area contributed by atoms with Gasteiger partial charge in [0, 0.05) is 20.1 Å². The Kier molecular flexibility index (Phi) is 5.30. The minimum absolute atomic E-state index is 0.193. The van der Waals surface area contributed by atoms with Gasteiger partial charge in [-0.3, -0.25) is 4.79 Å². The van der Waals surface area contributed by atoms with E-state index in [2.05, 4.69) is 11.2 Å². The third-order valence-corrected chi connectivity index (χ3v) is 4.75. The maximum absolute atomic E-state index is 12.2. The molecular weight excluding hydrogens is 314 g/mol. The van der Waals surface area contributed by atoms with Crippen molar-refractivity contribution in [3.63, 3.8) is 0 Å². The lowest BCUT2D eigenvalue weighted by Crippen LogP contribution is -2.13. The summed E-state index contributed by atoms with van der Waals surface area (Å²) in [6.45, 7) is 2.63. The molecule has 1 aliphatic carbocycles. The number of hydrogen-bond donors (Lipinski definition) is 0. The second-order valence-corrected chi connectivity index (χ2v) is 6.50. The molecule has 3 rings (SSSR count). The SMILES string of the molecule is COCCCCc1cc(-n2nc(C)c3c2CCCC3=O)ccc1C#N. The molecule has 0 atom stereocenters. The number of aryl methyl sites for hydroxylation is 2. The molecule has 0 N–H and O–H groups in total. The fraction of sp³-hybridized carbons (Fsp3) is 0.450. The normalized spacial score (nSPS) is 13.6. The lowest BCUT2D eigenvalue weighted by atomic mass is 9.94. The monoisotopic (exact) mass is 337 g/mol. The number of benzene rings is 1. The standard InChI is InChI=1S/C20H23N3O2/c1-14-20-18(7-5-8-19(20)24)23(22-14)17-10-9-16(13-21)15(12-17)6-3-4-11-25-2/h9-10,12H,3-8,11H2,1-2H3. The zero-order valence-corrected chi connectivity index (χ0v) is 14.8. The summed E-state index contributed by atoms with van der Waals surface area (Å²) in [4.78, 5) is 12.2. The van der Waals surface area contributed by atoms with Gasteiger partial charge in [0.25, 0.3) is 0 Å². The molecule has 1 aromatic heterocycles. The second-order valence-electron chi connectivity index (χ2n) is 6.50. The lowest BCUT2D eigenvalue weighted by molar-refractivity contribution is 0.0971. The van der Waals surface area contributed by atoms with E-state index in [1.807, 2.05) is 29.8 Å². The second kappa shape index (κ2) is 7.62. The van der Waals surface area contributed by atoms with E-state index in [-0.39, 0.29) is 5.78 Å². The predicted octanol–water partition coefficient (Wildman–Crippen LogP) is 3.54. The summed E-state index contributed by atoms with van der Waals surface area (Å²) in [5.41, 5.74) is 5.25. The molecule has 1 heterocycles. The van der Waals surface area contributed by atoms with Crippen molar-refractivity contribution in [2.75, 3.05) is 13.7 Å². The lowest BCUT2D eigenvalue weighted by Gasteiger charge is -2.14. The third kappa shape index (κ3) is 3.49. The van der Waals surface area contributed by atoms with Gasteiger partial charge in [-0.25, -0.2) is 4.68 Å². The molecule has 0 radical (unpaired) electrons. The Morgan fingerprint density at radius 3 is 2.92 bits per heavy atom. The highest BCUT2D eigenvalue weighted by Crippen LogP contribution is 2.27. The molecule has 130 valence electrons. The van der Waals surface area contributed by atoms with Crippen LogP contribution in [0.5, 0.6) is 0 Å². The van der Waals surface area contributed by atoms with Crippen LogP contribution in [0.1, 0.15) is 58.6 Å². The van der Waals surface area contributed by atoms with Crippen LogP contribution in [0.2, 0.25) is 0 Å². The zero-order chi connectivity index (χ0) is 17.8. The van der Waals surface area contributed by atoms with E-state index in [9.17, 15) is 10.1 Å². The largest absolute Gasteiger partial charge is 0.385 e. The fourth-order valence-corrected chi connectivity index (χ4v) is 3.51. The number of unbranched alkanes of at least 4 members (excludes halogenated alkanes) is 1. The molecule has 0 spiro atoms. The molecule has 5 heteroatoms. The number of methoxy groups -OCH3 is 1. The highest BCUT2D eigenvalue weighted by Gasteiger charge is 2.25. The molecule has 0 fully saturated rings. The van der Waals surface area contributed by atoms with Crippen LogP contribution in [0.3, 0.4) is 0 Å². The van der Waals surface area contributed by atoms with Crippen LogP contribution in [0.4, 0.5) is 0 Å². The number of ether oxygens (including phenoxy) is 1. The van der Waals surface area contributed by atoms with Crippen LogP contribution in [0.25, 0.3) is 5.69 Å². The fourth-order valence-electron chi connectivity index (χ4n) is 3.51. The number of fused-ring (bicyclic) bond motifs is 1. The topological polar surface area (TPSA) is 67.9 Å². The number of rotatable bonds is 6. The van der Waals surface area contributed by atoms with Crippen molar-refractivity contribution in [1.29, 1.82) is 5.26 Å². The summed E-state index contributed by atoms with van der Waals surface area (Å²) in [7, 11) is 1.70. The van der Waals surface area contributed by atoms with Gasteiger partial charge < -0.3 is 4.74 Å². The van der Waals surface area contributed by atoms with Gasteiger partial charge >= 0.3 is 0 Å². The number of Topliss-reactive ketones (excluding diaryl/α,β-unsaturated/α-hetero) is 1. The van der Waals surface area contributed by atoms with Crippen molar-refractivity contribution in [1.82, 2.24) is 9.78 Å². The predicted molar refractivity (Wildman–Crippen MR) is 95.1 cm³/mol. The molecule has 1 aliphatic rings. The average molecular weight is 337 g/mol. The average Bonchev–Trinajstić information content (AvgIpc) is 2.96. The number of carbonyl (C=O) groups is 1. The Morgan fingerprint density at radius 1 is 1.32 bits per heavy atom. The first kappa shape index (κ1) is 17.4. The van der Waals surface area contributed by atoms with Crippen LogP contribution in [0.15, 0.2) is 18.2 Å². The van der Waals surface area contributed by atoms with Gasteiger partial charge in [-0.05, 0) is 62.8 Å². The van der Waals surface area contributed by atoms with Gasteiger partial charge in [-0.2, -0.15) is 10.4 Å². The zero-order valence-electron chi connectivity index (χ0n) is 14.8. The van der Waals surface area contributed by atoms with Crippen molar-refractivity contribution in [3.8, 4) is 11.8 Å². The minimum Gasteiger partial charge on any atom is -0.385 e. The van der Waals surface area contributed by atoms with Gasteiger partial charge in [0.1, 0.15) is 0 Å². The van der Waals surface area contributed by atoms with E-state index in [0.717, 1.165) is 66.9 Å². The molecule has 2 aromatic rings. The van der Waals surface area contributed by atoms with Gasteiger partial charge in [0.15, 0.2) is 5.78 Å². The molecule has 0 amide bonds. The van der Waals surface area contributed by atoms with Crippen LogP contribution in [0, 0.1) is 18.3 Å². The Bertz CT molecular complexity index is 830. The maximum Gasteiger partial charge on any atom is 0.166 e. The molecule has 0 unspecified atom stereocenters. The van der Waals surface area contributed by atoms with Crippen LogP contribution < -0.4 is 0 Å². The number of nitriles is 1. The molecule has 0 bridgehead atoms. The van der Waals surface area contributed by atoms with Gasteiger partial charge in [0.05, 0.1) is 34.3 Å². The van der Waals surface area contributed by atoms with Crippen LogP contribution in [-0.4, -0.2) is 29.3 Å². The summed E-state index contributed by atoms with van der Waals surface area (Å²) in [6.07, 6.45) is 5.12. The first-order chi connectivity index (χ1) is 12.2. The van der Waals surface area contributed by atoms with E-state index in [0.29, 0.717) is 12.0 Å². The van der Waals surface area contributed by atoms with Crippen molar-refractivity contribution in [2.45, 2.75) is 45.4 Å². The Morgan fingerprint density at radius 2 is 2.16 bits per heavy atom. The maximum atomic E-state index is 12.2. The van der Waals surface area contributed by atoms with Gasteiger partial charge in [0.2, 0.25) is 0 Å². The first-order valence-corrected chi connectivity index (χ1v) is 8.79. The summed E-state index contributed by atoms with van der Waals surface area (Å²) < 4.78 is 6.98. The smallest absolute Gasteiger partial charge is 0.166 e. The number of hydrogen-bond acceptors (Lipinski definition) is 4. The summed E-state index contributed by atoms with van der Waals surface area (Å²) in [5.74, 6) is 0.193. The van der Waals surface area contributed by atoms with Crippen molar-refractivity contribution in [2.24, 2.45) is 0 Å². The molecule has 0 aliphatic heterocycles. The highest BCUT2D eigenvalue weighted by molar-refractivity contribution is 5.99. The third-order valence-electron chi connectivity index (χ3n) is 4.75. The van der Waals surface area contributed by atoms with E-state index in [1.165, 1.54) is 0 Å². The van der Waals surface area contributed by atoms with E-state index >= 15 is 0 Å². The number of nitrogens with zero attached hydrogens (tertiary/aromatic N) is 3. The van der Waals surface area contributed by atoms with Crippen molar-refractivity contribution in [3.05, 3.63) is 46.3 Å². The number of aromatic nitrogens is 2. The molecule has 1 aromatic carbocycles. The highest BCUT2D eigenvalue weighted by atomic mass is 16.5. The molecule has 5 nitrogen and oxygen atoms in total. The van der Waals surface area contributed by atoms with Gasteiger partial charge in [-0.1, -0.05) is 0 Å². The molecule has 25 heavy (non-hydrogen) atoms. The summed E-state index contributed by atoms with van der Waals surface area (Å²) in [6, 6.07) is 8.09. The van der Waals surface area contributed by atoms with Crippen molar-refractivity contribution < 1.29 is 9.53 Å².